The van der Waals surface area contributed by atoms with E-state index in [2.05, 4.69) is 10.7 Å². The molecular weight excluding hydrogens is 342 g/mol. The Bertz CT molecular complexity index is 608. The average Bonchev–Trinajstić information content (AvgIpc) is 2.62. The minimum atomic E-state index is -0.312. The molecule has 0 heterocycles. The van der Waals surface area contributed by atoms with E-state index in [9.17, 15) is 4.79 Å². The van der Waals surface area contributed by atoms with Crippen molar-refractivity contribution in [2.45, 2.75) is 6.42 Å². The van der Waals surface area contributed by atoms with Crippen molar-refractivity contribution < 1.29 is 19.0 Å². The van der Waals surface area contributed by atoms with Gasteiger partial charge in [-0.15, -0.1) is 0 Å². The fourth-order valence-electron chi connectivity index (χ4n) is 1.99. The molecule has 7 nitrogen and oxygen atoms in total. The molecule has 1 amide bonds. The number of thiocarbonyl (C=S) groups is 1. The van der Waals surface area contributed by atoms with Crippen LogP contribution >= 0.6 is 12.2 Å². The Morgan fingerprint density at radius 2 is 2.04 bits per heavy atom. The zero-order valence-electron chi connectivity index (χ0n) is 15.0. The molecule has 2 N–H and O–H groups in total. The first-order valence-corrected chi connectivity index (χ1v) is 8.14. The summed E-state index contributed by atoms with van der Waals surface area (Å²) in [5.41, 5.74) is 3.39. The summed E-state index contributed by atoms with van der Waals surface area (Å²) in [5.74, 6) is 0.856. The van der Waals surface area contributed by atoms with Crippen LogP contribution in [0.4, 0.5) is 0 Å². The Hall–Kier alpha value is -2.32. The fourth-order valence-corrected chi connectivity index (χ4v) is 2.14. The van der Waals surface area contributed by atoms with Crippen LogP contribution in [0.15, 0.2) is 24.3 Å². The second kappa shape index (κ2) is 11.3. The summed E-state index contributed by atoms with van der Waals surface area (Å²) in [7, 11) is 6.43. The van der Waals surface area contributed by atoms with E-state index in [0.29, 0.717) is 29.8 Å². The van der Waals surface area contributed by atoms with Gasteiger partial charge < -0.3 is 19.5 Å². The Kier molecular flexibility index (Phi) is 9.34. The van der Waals surface area contributed by atoms with Gasteiger partial charge in [0, 0.05) is 38.9 Å². The van der Waals surface area contributed by atoms with Crippen molar-refractivity contribution in [1.29, 1.82) is 0 Å². The van der Waals surface area contributed by atoms with Gasteiger partial charge >= 0.3 is 0 Å². The molecule has 8 heteroatoms. The maximum Gasteiger partial charge on any atom is 0.262 e. The van der Waals surface area contributed by atoms with Gasteiger partial charge in [-0.2, -0.15) is 0 Å². The zero-order valence-corrected chi connectivity index (χ0v) is 15.8. The smallest absolute Gasteiger partial charge is 0.262 e. The van der Waals surface area contributed by atoms with E-state index in [-0.39, 0.29) is 5.91 Å². The number of methoxy groups -OCH3 is 3. The summed E-state index contributed by atoms with van der Waals surface area (Å²) in [4.78, 5) is 12.0. The van der Waals surface area contributed by atoms with Crippen molar-refractivity contribution in [2.75, 3.05) is 41.5 Å². The third kappa shape index (κ3) is 6.98. The van der Waals surface area contributed by atoms with Crippen molar-refractivity contribution in [3.05, 3.63) is 29.8 Å². The van der Waals surface area contributed by atoms with Crippen LogP contribution in [0.3, 0.4) is 0 Å². The third-order valence-corrected chi connectivity index (χ3v) is 3.65. The van der Waals surface area contributed by atoms with E-state index in [4.69, 9.17) is 26.4 Å². The number of rotatable bonds is 8. The predicted molar refractivity (Wildman–Crippen MR) is 102 cm³/mol. The molecule has 0 spiro atoms. The SMILES string of the molecule is COCCCNC(=S)N(C)NC(=O)/C=C/c1cccc(OC)c1OC. The number of ether oxygens (including phenoxy) is 3. The Balaban J connectivity index is 2.58. The van der Waals surface area contributed by atoms with Gasteiger partial charge in [-0.25, -0.2) is 0 Å². The largest absolute Gasteiger partial charge is 0.493 e. The number of para-hydroxylation sites is 1. The van der Waals surface area contributed by atoms with E-state index < -0.39 is 0 Å². The van der Waals surface area contributed by atoms with E-state index in [1.54, 1.807) is 40.5 Å². The lowest BCUT2D eigenvalue weighted by Crippen LogP contribution is -2.47. The highest BCUT2D eigenvalue weighted by Gasteiger charge is 2.09. The van der Waals surface area contributed by atoms with Crippen LogP contribution in [0, 0.1) is 0 Å². The molecule has 1 aromatic rings. The molecule has 138 valence electrons. The van der Waals surface area contributed by atoms with Crippen LogP contribution in [-0.2, 0) is 9.53 Å². The van der Waals surface area contributed by atoms with Crippen LogP contribution in [-0.4, -0.2) is 57.6 Å². The molecule has 0 fully saturated rings. The number of carbonyl (C=O) groups is 1. The number of amides is 1. The first-order valence-electron chi connectivity index (χ1n) is 7.73. The maximum atomic E-state index is 12.0. The van der Waals surface area contributed by atoms with Gasteiger partial charge in [0.25, 0.3) is 5.91 Å². The molecule has 0 aliphatic heterocycles. The Morgan fingerprint density at radius 1 is 1.28 bits per heavy atom. The molecule has 0 atom stereocenters. The Labute approximate surface area is 153 Å². The minimum absolute atomic E-state index is 0.312. The molecule has 1 rings (SSSR count). The average molecular weight is 367 g/mol. The normalized spacial score (nSPS) is 10.4. The molecule has 0 unspecified atom stereocenters. The van der Waals surface area contributed by atoms with Gasteiger partial charge in [0.2, 0.25) is 0 Å². The Morgan fingerprint density at radius 3 is 2.68 bits per heavy atom. The van der Waals surface area contributed by atoms with Crippen LogP contribution in [0.5, 0.6) is 11.5 Å². The number of nitrogens with zero attached hydrogens (tertiary/aromatic N) is 1. The van der Waals surface area contributed by atoms with Gasteiger partial charge in [-0.3, -0.25) is 15.2 Å². The standard InChI is InChI=1S/C17H25N3O4S/c1-20(17(25)18-11-6-12-22-2)19-15(21)10-9-13-7-5-8-14(23-3)16(13)24-4/h5,7-10H,6,11-12H2,1-4H3,(H,18,25)(H,19,21)/b10-9+. The highest BCUT2D eigenvalue weighted by atomic mass is 32.1. The van der Waals surface area contributed by atoms with E-state index in [1.165, 1.54) is 11.1 Å². The molecule has 0 bridgehead atoms. The van der Waals surface area contributed by atoms with Gasteiger partial charge in [0.05, 0.1) is 14.2 Å². The van der Waals surface area contributed by atoms with Crippen molar-refractivity contribution in [2.24, 2.45) is 0 Å². The molecule has 0 aliphatic rings. The van der Waals surface area contributed by atoms with Crippen LogP contribution in [0.1, 0.15) is 12.0 Å². The van der Waals surface area contributed by atoms with Crippen molar-refractivity contribution >= 4 is 29.3 Å². The summed E-state index contributed by atoms with van der Waals surface area (Å²) in [6.07, 6.45) is 3.88. The highest BCUT2D eigenvalue weighted by molar-refractivity contribution is 7.80. The molecule has 0 saturated heterocycles. The van der Waals surface area contributed by atoms with Crippen molar-refractivity contribution in [3.63, 3.8) is 0 Å². The van der Waals surface area contributed by atoms with Crippen LogP contribution in [0.25, 0.3) is 6.08 Å². The number of hydrazine groups is 1. The second-order valence-electron chi connectivity index (χ2n) is 5.03. The highest BCUT2D eigenvalue weighted by Crippen LogP contribution is 2.31. The summed E-state index contributed by atoms with van der Waals surface area (Å²) >= 11 is 5.19. The monoisotopic (exact) mass is 367 g/mol. The number of benzene rings is 1. The molecule has 0 saturated carbocycles. The minimum Gasteiger partial charge on any atom is -0.493 e. The summed E-state index contributed by atoms with van der Waals surface area (Å²) < 4.78 is 15.5. The maximum absolute atomic E-state index is 12.0. The van der Waals surface area contributed by atoms with Gasteiger partial charge in [-0.05, 0) is 30.8 Å². The fraction of sp³-hybridized carbons (Fsp3) is 0.412. The molecule has 0 radical (unpaired) electrons. The predicted octanol–water partition coefficient (Wildman–Crippen LogP) is 1.59. The quantitative estimate of drug-likeness (QED) is 0.313. The number of hydrogen-bond acceptors (Lipinski definition) is 5. The zero-order chi connectivity index (χ0) is 18.7. The van der Waals surface area contributed by atoms with Gasteiger partial charge in [0.15, 0.2) is 16.6 Å². The first-order chi connectivity index (χ1) is 12.0. The molecule has 25 heavy (non-hydrogen) atoms. The lowest BCUT2D eigenvalue weighted by Gasteiger charge is -2.20. The summed E-state index contributed by atoms with van der Waals surface area (Å²) in [6.45, 7) is 1.32. The third-order valence-electron chi connectivity index (χ3n) is 3.23. The van der Waals surface area contributed by atoms with Gasteiger partial charge in [-0.1, -0.05) is 12.1 Å². The van der Waals surface area contributed by atoms with Crippen molar-refractivity contribution in [3.8, 4) is 11.5 Å². The van der Waals surface area contributed by atoms with Crippen LogP contribution in [0.2, 0.25) is 0 Å². The van der Waals surface area contributed by atoms with Crippen molar-refractivity contribution in [1.82, 2.24) is 15.8 Å². The second-order valence-corrected chi connectivity index (χ2v) is 5.42. The van der Waals surface area contributed by atoms with E-state index in [1.807, 2.05) is 12.1 Å². The molecular formula is C17H25N3O4S. The molecule has 0 aromatic heterocycles. The summed E-state index contributed by atoms with van der Waals surface area (Å²) in [6, 6.07) is 5.44. The molecule has 1 aromatic carbocycles. The topological polar surface area (TPSA) is 72.1 Å². The molecule has 0 aliphatic carbocycles. The van der Waals surface area contributed by atoms with E-state index >= 15 is 0 Å². The van der Waals surface area contributed by atoms with Crippen LogP contribution < -0.4 is 20.2 Å². The lowest BCUT2D eigenvalue weighted by molar-refractivity contribution is -0.119. The van der Waals surface area contributed by atoms with E-state index in [0.717, 1.165) is 12.0 Å². The van der Waals surface area contributed by atoms with Gasteiger partial charge in [0.1, 0.15) is 0 Å². The summed E-state index contributed by atoms with van der Waals surface area (Å²) in [5, 5.41) is 4.92. The number of carbonyl (C=O) groups excluding carboxylic acids is 1. The number of nitrogens with one attached hydrogen (secondary N) is 2. The lowest BCUT2D eigenvalue weighted by atomic mass is 10.1. The number of hydrogen-bond donors (Lipinski definition) is 2. The first kappa shape index (κ1) is 20.7.